The summed E-state index contributed by atoms with van der Waals surface area (Å²) in [6.45, 7) is 2.75. The molecule has 5 heteroatoms. The number of benzene rings is 1. The van der Waals surface area contributed by atoms with Crippen LogP contribution in [-0.2, 0) is 9.53 Å². The van der Waals surface area contributed by atoms with E-state index in [9.17, 15) is 9.59 Å². The van der Waals surface area contributed by atoms with Crippen LogP contribution in [0.4, 0.5) is 5.69 Å². The maximum Gasteiger partial charge on any atom is 0.337 e. The molecule has 1 saturated heterocycles. The molecule has 1 unspecified atom stereocenters. The molecule has 114 valence electrons. The maximum absolute atomic E-state index is 12.3. The van der Waals surface area contributed by atoms with E-state index in [2.05, 4.69) is 15.4 Å². The minimum Gasteiger partial charge on any atom is -0.465 e. The second-order valence-corrected chi connectivity index (χ2v) is 5.37. The number of methoxy groups -OCH3 is 1. The Morgan fingerprint density at radius 3 is 2.81 bits per heavy atom. The second kappa shape index (κ2) is 7.22. The lowest BCUT2D eigenvalue weighted by atomic mass is 10.1. The van der Waals surface area contributed by atoms with E-state index in [1.165, 1.54) is 13.5 Å². The van der Waals surface area contributed by atoms with Gasteiger partial charge in [-0.2, -0.15) is 0 Å². The summed E-state index contributed by atoms with van der Waals surface area (Å²) in [4.78, 5) is 23.7. The van der Waals surface area contributed by atoms with Crippen molar-refractivity contribution in [3.8, 4) is 0 Å². The van der Waals surface area contributed by atoms with Gasteiger partial charge in [0.1, 0.15) is 0 Å². The van der Waals surface area contributed by atoms with Crippen LogP contribution in [0.2, 0.25) is 0 Å². The minimum atomic E-state index is -0.374. The number of carbonyl (C=O) groups is 2. The van der Waals surface area contributed by atoms with Crippen LogP contribution >= 0.6 is 0 Å². The zero-order valence-corrected chi connectivity index (χ0v) is 12.6. The molecule has 2 N–H and O–H groups in total. The Hall–Kier alpha value is -1.88. The predicted octanol–water partition coefficient (Wildman–Crippen LogP) is 2.25. The SMILES string of the molecule is COC(=O)c1ccc(NC(=O)C2CCCCCN2)c(C)c1. The third kappa shape index (κ3) is 4.04. The van der Waals surface area contributed by atoms with Gasteiger partial charge in [0.15, 0.2) is 0 Å². The summed E-state index contributed by atoms with van der Waals surface area (Å²) in [5, 5.41) is 6.21. The molecule has 2 rings (SSSR count). The Labute approximate surface area is 125 Å². The first kappa shape index (κ1) is 15.5. The predicted molar refractivity (Wildman–Crippen MR) is 81.4 cm³/mol. The summed E-state index contributed by atoms with van der Waals surface area (Å²) in [5.74, 6) is -0.382. The van der Waals surface area contributed by atoms with Crippen molar-refractivity contribution in [3.63, 3.8) is 0 Å². The number of rotatable bonds is 3. The van der Waals surface area contributed by atoms with Crippen molar-refractivity contribution < 1.29 is 14.3 Å². The molecule has 0 spiro atoms. The number of amides is 1. The first-order valence-corrected chi connectivity index (χ1v) is 7.35. The minimum absolute atomic E-state index is 0.00850. The van der Waals surface area contributed by atoms with Crippen molar-refractivity contribution in [2.24, 2.45) is 0 Å². The summed E-state index contributed by atoms with van der Waals surface area (Å²) >= 11 is 0. The van der Waals surface area contributed by atoms with Crippen molar-refractivity contribution in [2.75, 3.05) is 19.0 Å². The Kier molecular flexibility index (Phi) is 5.33. The van der Waals surface area contributed by atoms with Gasteiger partial charge in [-0.05, 0) is 50.1 Å². The average molecular weight is 290 g/mol. The van der Waals surface area contributed by atoms with Gasteiger partial charge in [-0.1, -0.05) is 12.8 Å². The quantitative estimate of drug-likeness (QED) is 0.838. The van der Waals surface area contributed by atoms with Crippen molar-refractivity contribution in [2.45, 2.75) is 38.6 Å². The van der Waals surface area contributed by atoms with Crippen LogP contribution in [-0.4, -0.2) is 31.6 Å². The molecule has 0 aromatic heterocycles. The Bertz CT molecular complexity index is 520. The van der Waals surface area contributed by atoms with Crippen LogP contribution in [0.3, 0.4) is 0 Å². The van der Waals surface area contributed by atoms with Crippen molar-refractivity contribution in [1.29, 1.82) is 0 Å². The number of nitrogens with one attached hydrogen (secondary N) is 2. The maximum atomic E-state index is 12.3. The number of anilines is 1. The summed E-state index contributed by atoms with van der Waals surface area (Å²) in [6, 6.07) is 5.00. The molecule has 0 saturated carbocycles. The Balaban J connectivity index is 2.05. The molecule has 1 aromatic rings. The molecule has 0 aliphatic carbocycles. The monoisotopic (exact) mass is 290 g/mol. The van der Waals surface area contributed by atoms with Crippen LogP contribution < -0.4 is 10.6 Å². The molecule has 5 nitrogen and oxygen atoms in total. The van der Waals surface area contributed by atoms with Gasteiger partial charge in [0.25, 0.3) is 0 Å². The summed E-state index contributed by atoms with van der Waals surface area (Å²) in [5.41, 5.74) is 2.07. The van der Waals surface area contributed by atoms with Crippen molar-refractivity contribution in [3.05, 3.63) is 29.3 Å². The zero-order valence-electron chi connectivity index (χ0n) is 12.6. The van der Waals surface area contributed by atoms with Crippen LogP contribution in [0.1, 0.15) is 41.6 Å². The molecule has 0 bridgehead atoms. The van der Waals surface area contributed by atoms with E-state index in [4.69, 9.17) is 0 Å². The van der Waals surface area contributed by atoms with E-state index in [0.717, 1.165) is 37.1 Å². The van der Waals surface area contributed by atoms with Crippen LogP contribution in [0.5, 0.6) is 0 Å². The number of ether oxygens (including phenoxy) is 1. The van der Waals surface area contributed by atoms with Crippen LogP contribution in [0, 0.1) is 6.92 Å². The van der Waals surface area contributed by atoms with E-state index >= 15 is 0 Å². The lowest BCUT2D eigenvalue weighted by molar-refractivity contribution is -0.118. The molecular weight excluding hydrogens is 268 g/mol. The van der Waals surface area contributed by atoms with Gasteiger partial charge in [-0.3, -0.25) is 4.79 Å². The Morgan fingerprint density at radius 1 is 1.29 bits per heavy atom. The van der Waals surface area contributed by atoms with Gasteiger partial charge in [0.2, 0.25) is 5.91 Å². The second-order valence-electron chi connectivity index (χ2n) is 5.37. The lowest BCUT2D eigenvalue weighted by Crippen LogP contribution is -2.39. The molecule has 0 radical (unpaired) electrons. The van der Waals surface area contributed by atoms with E-state index < -0.39 is 0 Å². The smallest absolute Gasteiger partial charge is 0.337 e. The third-order valence-electron chi connectivity index (χ3n) is 3.78. The average Bonchev–Trinajstić information content (AvgIpc) is 2.77. The summed E-state index contributed by atoms with van der Waals surface area (Å²) in [6.07, 6.45) is 4.23. The largest absolute Gasteiger partial charge is 0.465 e. The highest BCUT2D eigenvalue weighted by Crippen LogP contribution is 2.18. The molecule has 1 atom stereocenters. The normalized spacial score (nSPS) is 18.7. The fourth-order valence-electron chi connectivity index (χ4n) is 2.52. The molecule has 1 heterocycles. The standard InChI is InChI=1S/C16H22N2O3/c1-11-10-12(16(20)21-2)7-8-13(11)18-15(19)14-6-4-3-5-9-17-14/h7-8,10,14,17H,3-6,9H2,1-2H3,(H,18,19). The highest BCUT2D eigenvalue weighted by molar-refractivity contribution is 5.96. The highest BCUT2D eigenvalue weighted by Gasteiger charge is 2.20. The van der Waals surface area contributed by atoms with Crippen LogP contribution in [0.25, 0.3) is 0 Å². The van der Waals surface area contributed by atoms with E-state index in [-0.39, 0.29) is 17.9 Å². The zero-order chi connectivity index (χ0) is 15.2. The van der Waals surface area contributed by atoms with Crippen LogP contribution in [0.15, 0.2) is 18.2 Å². The molecule has 21 heavy (non-hydrogen) atoms. The number of esters is 1. The lowest BCUT2D eigenvalue weighted by Gasteiger charge is -2.17. The van der Waals surface area contributed by atoms with E-state index in [0.29, 0.717) is 5.56 Å². The number of aryl methyl sites for hydroxylation is 1. The Morgan fingerprint density at radius 2 is 2.10 bits per heavy atom. The molecule has 1 aromatic carbocycles. The third-order valence-corrected chi connectivity index (χ3v) is 3.78. The van der Waals surface area contributed by atoms with E-state index in [1.54, 1.807) is 18.2 Å². The molecule has 1 aliphatic heterocycles. The van der Waals surface area contributed by atoms with Gasteiger partial charge in [0.05, 0.1) is 18.7 Å². The van der Waals surface area contributed by atoms with Gasteiger partial charge < -0.3 is 15.4 Å². The number of hydrogen-bond donors (Lipinski definition) is 2. The van der Waals surface area contributed by atoms with E-state index in [1.807, 2.05) is 6.92 Å². The molecule has 1 aliphatic rings. The van der Waals surface area contributed by atoms with Gasteiger partial charge >= 0.3 is 5.97 Å². The van der Waals surface area contributed by atoms with Gasteiger partial charge in [-0.15, -0.1) is 0 Å². The fourth-order valence-corrected chi connectivity index (χ4v) is 2.52. The molecular formula is C16H22N2O3. The number of hydrogen-bond acceptors (Lipinski definition) is 4. The van der Waals surface area contributed by atoms with Gasteiger partial charge in [-0.25, -0.2) is 4.79 Å². The topological polar surface area (TPSA) is 67.4 Å². The fraction of sp³-hybridized carbons (Fsp3) is 0.500. The first-order valence-electron chi connectivity index (χ1n) is 7.35. The molecule has 1 amide bonds. The van der Waals surface area contributed by atoms with Gasteiger partial charge in [0, 0.05) is 5.69 Å². The first-order chi connectivity index (χ1) is 10.1. The summed E-state index contributed by atoms with van der Waals surface area (Å²) < 4.78 is 4.69. The summed E-state index contributed by atoms with van der Waals surface area (Å²) in [7, 11) is 1.35. The molecule has 1 fully saturated rings. The van der Waals surface area contributed by atoms with Crippen molar-refractivity contribution in [1.82, 2.24) is 5.32 Å². The van der Waals surface area contributed by atoms with Crippen molar-refractivity contribution >= 4 is 17.6 Å². The number of carbonyl (C=O) groups excluding carboxylic acids is 2. The highest BCUT2D eigenvalue weighted by atomic mass is 16.5.